The van der Waals surface area contributed by atoms with Crippen LogP contribution < -0.4 is 0 Å². The second-order valence-electron chi connectivity index (χ2n) is 20.8. The number of carboxylic acids is 1. The summed E-state index contributed by atoms with van der Waals surface area (Å²) in [5.74, 6) is 0.773. The average molecular weight is 795 g/mol. The van der Waals surface area contributed by atoms with Gasteiger partial charge in [0.2, 0.25) is 0 Å². The number of hydrogen-bond acceptors (Lipinski definition) is 6. The maximum atomic E-state index is 10.5. The zero-order valence-electron chi connectivity index (χ0n) is 41.8. The Morgan fingerprint density at radius 1 is 0.473 bits per heavy atom. The van der Waals surface area contributed by atoms with E-state index in [0.717, 1.165) is 31.6 Å². The molecule has 0 rings (SSSR count). The SMILES string of the molecule is C.CC(C)C(C)OC(C)(C)C.CC(C)C(CC(=O)O)OC(C)(C)C.CCC(C)OC(C)(C)C.CCC(CC(C)C)OC(C)(C)C.CCC(CC)OC(C)(C)C. The lowest BCUT2D eigenvalue weighted by Crippen LogP contribution is -2.32. The molecule has 0 amide bonds. The van der Waals surface area contributed by atoms with Crippen molar-refractivity contribution in [3.63, 3.8) is 0 Å². The zero-order valence-corrected chi connectivity index (χ0v) is 41.8. The molecule has 7 heteroatoms. The van der Waals surface area contributed by atoms with Crippen molar-refractivity contribution in [1.29, 1.82) is 0 Å². The lowest BCUT2D eigenvalue weighted by Gasteiger charge is -2.29. The third kappa shape index (κ3) is 60.1. The Kier molecular flexibility index (Phi) is 38.7. The Hall–Kier alpha value is -0.730. The summed E-state index contributed by atoms with van der Waals surface area (Å²) in [7, 11) is 0. The summed E-state index contributed by atoms with van der Waals surface area (Å²) in [4.78, 5) is 10.5. The van der Waals surface area contributed by atoms with Crippen molar-refractivity contribution in [2.24, 2.45) is 17.8 Å². The highest BCUT2D eigenvalue weighted by Crippen LogP contribution is 2.20. The Bertz CT molecular complexity index is 828. The predicted molar refractivity (Wildman–Crippen MR) is 244 cm³/mol. The summed E-state index contributed by atoms with van der Waals surface area (Å²) in [6, 6.07) is 0. The van der Waals surface area contributed by atoms with E-state index in [9.17, 15) is 4.79 Å². The maximum absolute atomic E-state index is 10.5. The van der Waals surface area contributed by atoms with Crippen LogP contribution in [-0.4, -0.2) is 69.6 Å². The highest BCUT2D eigenvalue weighted by molar-refractivity contribution is 5.67. The van der Waals surface area contributed by atoms with Gasteiger partial charge in [-0.2, -0.15) is 0 Å². The molecule has 0 aliphatic heterocycles. The largest absolute Gasteiger partial charge is 0.481 e. The summed E-state index contributed by atoms with van der Waals surface area (Å²) in [5, 5.41) is 8.65. The van der Waals surface area contributed by atoms with Crippen molar-refractivity contribution in [2.45, 2.75) is 291 Å². The molecule has 0 radical (unpaired) electrons. The molecule has 0 aromatic rings. The maximum Gasteiger partial charge on any atom is 0.305 e. The topological polar surface area (TPSA) is 83.5 Å². The minimum atomic E-state index is -0.803. The Labute approximate surface area is 347 Å². The summed E-state index contributed by atoms with van der Waals surface area (Å²) >= 11 is 0. The van der Waals surface area contributed by atoms with Crippen LogP contribution in [0.1, 0.15) is 233 Å². The first-order valence-corrected chi connectivity index (χ1v) is 21.5. The van der Waals surface area contributed by atoms with E-state index in [2.05, 4.69) is 152 Å². The number of carboxylic acid groups (broad SMARTS) is 1. The molecular formula is C48H106O7. The van der Waals surface area contributed by atoms with Gasteiger partial charge in [0, 0.05) is 0 Å². The molecule has 0 aromatic heterocycles. The van der Waals surface area contributed by atoms with E-state index in [0.29, 0.717) is 30.3 Å². The summed E-state index contributed by atoms with van der Waals surface area (Å²) in [5.41, 5.74) is -0.213. The summed E-state index contributed by atoms with van der Waals surface area (Å²) in [6.07, 6.45) is 7.14. The van der Waals surface area contributed by atoms with Crippen LogP contribution >= 0.6 is 0 Å². The molecule has 0 bridgehead atoms. The normalized spacial score (nSPS) is 14.5. The van der Waals surface area contributed by atoms with E-state index in [4.69, 9.17) is 28.8 Å². The Morgan fingerprint density at radius 2 is 0.800 bits per heavy atom. The molecule has 55 heavy (non-hydrogen) atoms. The molecule has 0 saturated carbocycles. The first-order chi connectivity index (χ1) is 23.8. The molecule has 0 aliphatic rings. The second-order valence-corrected chi connectivity index (χ2v) is 20.8. The molecule has 1 N–H and O–H groups in total. The number of ether oxygens (including phenoxy) is 5. The van der Waals surface area contributed by atoms with E-state index in [1.54, 1.807) is 0 Å². The molecule has 0 aromatic carbocycles. The molecule has 0 heterocycles. The van der Waals surface area contributed by atoms with Gasteiger partial charge in [0.15, 0.2) is 0 Å². The van der Waals surface area contributed by atoms with Crippen LogP contribution in [0.25, 0.3) is 0 Å². The standard InChI is InChI=1S/C11H24O.C10H20O3.2C9H20O.C8H18O.CH4/c1-7-10(8-9(2)3)12-11(4,5)6;1-7(2)8(6-9(11)12)13-10(3,4)5;1-7(2)8(3)10-9(4,5)6;1-6-8(7-2)10-9(3,4)5;1-6-7(2)9-8(3,4)5;/h9-10H,7-8H2,1-6H3;7-8H,6H2,1-5H3,(H,11,12);7-8H,1-6H3;8H,6-7H2,1-5H3;7H,6H2,1-5H3;1H4. The van der Waals surface area contributed by atoms with Gasteiger partial charge in [-0.3, -0.25) is 4.79 Å². The van der Waals surface area contributed by atoms with Gasteiger partial charge in [-0.15, -0.1) is 0 Å². The third-order valence-electron chi connectivity index (χ3n) is 7.37. The minimum Gasteiger partial charge on any atom is -0.481 e. The highest BCUT2D eigenvalue weighted by Gasteiger charge is 2.24. The van der Waals surface area contributed by atoms with Gasteiger partial charge in [0.25, 0.3) is 0 Å². The Balaban J connectivity index is -0.000000137. The van der Waals surface area contributed by atoms with Crippen LogP contribution in [0.3, 0.4) is 0 Å². The van der Waals surface area contributed by atoms with Crippen molar-refractivity contribution >= 4 is 5.97 Å². The minimum absolute atomic E-state index is 0. The quantitative estimate of drug-likeness (QED) is 0.177. The zero-order chi connectivity index (χ0) is 44.5. The fraction of sp³-hybridized carbons (Fsp3) is 0.979. The van der Waals surface area contributed by atoms with Gasteiger partial charge < -0.3 is 28.8 Å². The van der Waals surface area contributed by atoms with Crippen molar-refractivity contribution in [3.05, 3.63) is 0 Å². The molecule has 7 nitrogen and oxygen atoms in total. The molecule has 4 atom stereocenters. The lowest BCUT2D eigenvalue weighted by molar-refractivity contribution is -0.145. The van der Waals surface area contributed by atoms with Crippen molar-refractivity contribution < 1.29 is 33.6 Å². The van der Waals surface area contributed by atoms with Gasteiger partial charge >= 0.3 is 5.97 Å². The number of rotatable bonds is 15. The van der Waals surface area contributed by atoms with Gasteiger partial charge in [-0.05, 0) is 168 Å². The highest BCUT2D eigenvalue weighted by atomic mass is 16.5. The molecule has 0 spiro atoms. The van der Waals surface area contributed by atoms with Gasteiger partial charge in [-0.1, -0.05) is 76.7 Å². The molecule has 0 saturated heterocycles. The third-order valence-corrected chi connectivity index (χ3v) is 7.37. The number of hydrogen-bond donors (Lipinski definition) is 1. The van der Waals surface area contributed by atoms with Gasteiger partial charge in [-0.25, -0.2) is 0 Å². The van der Waals surface area contributed by atoms with Crippen molar-refractivity contribution in [3.8, 4) is 0 Å². The second kappa shape index (κ2) is 32.2. The number of aliphatic carboxylic acids is 1. The Morgan fingerprint density at radius 3 is 0.964 bits per heavy atom. The van der Waals surface area contributed by atoms with Gasteiger partial charge in [0.05, 0.1) is 64.9 Å². The van der Waals surface area contributed by atoms with E-state index < -0.39 is 5.97 Å². The van der Waals surface area contributed by atoms with E-state index in [1.165, 1.54) is 6.42 Å². The van der Waals surface area contributed by atoms with Crippen molar-refractivity contribution in [1.82, 2.24) is 0 Å². The first kappa shape index (κ1) is 66.1. The molecule has 340 valence electrons. The summed E-state index contributed by atoms with van der Waals surface area (Å²) in [6.45, 7) is 56.7. The van der Waals surface area contributed by atoms with Gasteiger partial charge in [0.1, 0.15) is 0 Å². The van der Waals surface area contributed by atoms with E-state index >= 15 is 0 Å². The fourth-order valence-corrected chi connectivity index (χ4v) is 4.70. The van der Waals surface area contributed by atoms with Crippen LogP contribution in [0.2, 0.25) is 0 Å². The average Bonchev–Trinajstić information content (AvgIpc) is 2.92. The molecule has 0 fully saturated rings. The first-order valence-electron chi connectivity index (χ1n) is 21.5. The number of carbonyl (C=O) groups is 1. The fourth-order valence-electron chi connectivity index (χ4n) is 4.70. The predicted octanol–water partition coefficient (Wildman–Crippen LogP) is 15.0. The van der Waals surface area contributed by atoms with Crippen LogP contribution in [0.15, 0.2) is 0 Å². The molecule has 0 aliphatic carbocycles. The van der Waals surface area contributed by atoms with Crippen LogP contribution in [-0.2, 0) is 28.5 Å². The molecular weight excluding hydrogens is 689 g/mol. The van der Waals surface area contributed by atoms with E-state index in [-0.39, 0.29) is 53.9 Å². The van der Waals surface area contributed by atoms with Crippen LogP contribution in [0, 0.1) is 17.8 Å². The lowest BCUT2D eigenvalue weighted by atomic mass is 10.0. The van der Waals surface area contributed by atoms with Crippen LogP contribution in [0.5, 0.6) is 0 Å². The van der Waals surface area contributed by atoms with Crippen LogP contribution in [0.4, 0.5) is 0 Å². The van der Waals surface area contributed by atoms with E-state index in [1.807, 2.05) is 34.6 Å². The summed E-state index contributed by atoms with van der Waals surface area (Å²) < 4.78 is 28.5. The van der Waals surface area contributed by atoms with Crippen molar-refractivity contribution in [2.75, 3.05) is 0 Å². The smallest absolute Gasteiger partial charge is 0.305 e. The molecule has 4 unspecified atom stereocenters. The monoisotopic (exact) mass is 795 g/mol.